The van der Waals surface area contributed by atoms with E-state index in [9.17, 15) is 8.42 Å². The van der Waals surface area contributed by atoms with Crippen LogP contribution in [0.15, 0.2) is 23.1 Å². The van der Waals surface area contributed by atoms with E-state index in [0.717, 1.165) is 5.56 Å². The first-order valence-electron chi connectivity index (χ1n) is 6.28. The number of methoxy groups -OCH3 is 2. The number of ether oxygens (including phenoxy) is 2. The maximum absolute atomic E-state index is 12.3. The molecule has 20 heavy (non-hydrogen) atoms. The minimum atomic E-state index is -3.63. The molecule has 1 unspecified atom stereocenters. The minimum absolute atomic E-state index is 0.135. The summed E-state index contributed by atoms with van der Waals surface area (Å²) in [6.07, 6.45) is -0.198. The van der Waals surface area contributed by atoms with E-state index in [4.69, 9.17) is 9.47 Å². The van der Waals surface area contributed by atoms with Gasteiger partial charge in [-0.05, 0) is 31.7 Å². The second-order valence-electron chi connectivity index (χ2n) is 4.41. The molecule has 0 fully saturated rings. The van der Waals surface area contributed by atoms with Crippen molar-refractivity contribution in [3.8, 4) is 5.75 Å². The highest BCUT2D eigenvalue weighted by molar-refractivity contribution is 7.89. The van der Waals surface area contributed by atoms with Crippen LogP contribution in [0.3, 0.4) is 0 Å². The number of nitrogens with one attached hydrogen (secondary N) is 2. The van der Waals surface area contributed by atoms with Crippen molar-refractivity contribution >= 4 is 10.0 Å². The van der Waals surface area contributed by atoms with E-state index in [-0.39, 0.29) is 17.5 Å². The molecule has 6 nitrogen and oxygen atoms in total. The quantitative estimate of drug-likeness (QED) is 0.740. The molecular formula is C13H22N2O4S. The van der Waals surface area contributed by atoms with Gasteiger partial charge in [-0.2, -0.15) is 0 Å². The summed E-state index contributed by atoms with van der Waals surface area (Å²) in [5.41, 5.74) is 0.869. The Morgan fingerprint density at radius 1 is 1.30 bits per heavy atom. The molecule has 0 saturated carbocycles. The van der Waals surface area contributed by atoms with E-state index in [2.05, 4.69) is 10.0 Å². The summed E-state index contributed by atoms with van der Waals surface area (Å²) >= 11 is 0. The highest BCUT2D eigenvalue weighted by Crippen LogP contribution is 2.24. The topological polar surface area (TPSA) is 76.7 Å². The van der Waals surface area contributed by atoms with Gasteiger partial charge < -0.3 is 14.8 Å². The lowest BCUT2D eigenvalue weighted by Crippen LogP contribution is -2.32. The van der Waals surface area contributed by atoms with E-state index >= 15 is 0 Å². The van der Waals surface area contributed by atoms with Crippen molar-refractivity contribution < 1.29 is 17.9 Å². The molecule has 0 aliphatic rings. The molecule has 0 aromatic heterocycles. The molecule has 0 amide bonds. The summed E-state index contributed by atoms with van der Waals surface area (Å²) in [7, 11) is 1.15. The van der Waals surface area contributed by atoms with Gasteiger partial charge in [-0.25, -0.2) is 13.1 Å². The van der Waals surface area contributed by atoms with Crippen molar-refractivity contribution in [3.63, 3.8) is 0 Å². The first-order valence-corrected chi connectivity index (χ1v) is 7.77. The summed E-state index contributed by atoms with van der Waals surface area (Å²) in [6.45, 7) is 2.58. The van der Waals surface area contributed by atoms with E-state index in [0.29, 0.717) is 12.3 Å². The normalized spacial score (nSPS) is 13.2. The average molecular weight is 302 g/mol. The Bertz CT molecular complexity index is 531. The Morgan fingerprint density at radius 2 is 2.00 bits per heavy atom. The van der Waals surface area contributed by atoms with Gasteiger partial charge in [0.05, 0.1) is 13.2 Å². The minimum Gasteiger partial charge on any atom is -0.495 e. The van der Waals surface area contributed by atoms with Crippen molar-refractivity contribution in [3.05, 3.63) is 23.8 Å². The van der Waals surface area contributed by atoms with Crippen molar-refractivity contribution in [2.45, 2.75) is 24.5 Å². The molecule has 0 bridgehead atoms. The molecule has 0 radical (unpaired) electrons. The fraction of sp³-hybridized carbons (Fsp3) is 0.538. The van der Waals surface area contributed by atoms with E-state index in [1.165, 1.54) is 14.2 Å². The van der Waals surface area contributed by atoms with Crippen LogP contribution >= 0.6 is 0 Å². The lowest BCUT2D eigenvalue weighted by molar-refractivity contribution is 0.122. The van der Waals surface area contributed by atoms with Gasteiger partial charge in [0, 0.05) is 20.2 Å². The highest BCUT2D eigenvalue weighted by Gasteiger charge is 2.20. The highest BCUT2D eigenvalue weighted by atomic mass is 32.2. The van der Waals surface area contributed by atoms with Crippen molar-refractivity contribution in [1.82, 2.24) is 10.0 Å². The molecule has 7 heteroatoms. The Hall–Kier alpha value is -1.15. The fourth-order valence-electron chi connectivity index (χ4n) is 1.63. The molecule has 1 rings (SSSR count). The van der Waals surface area contributed by atoms with Crippen LogP contribution in [0.25, 0.3) is 0 Å². The van der Waals surface area contributed by atoms with Gasteiger partial charge in [-0.15, -0.1) is 0 Å². The van der Waals surface area contributed by atoms with E-state index < -0.39 is 10.0 Å². The Kier molecular flexibility index (Phi) is 6.41. The van der Waals surface area contributed by atoms with Crippen molar-refractivity contribution in [2.75, 3.05) is 27.8 Å². The van der Waals surface area contributed by atoms with Crippen LogP contribution in [0, 0.1) is 0 Å². The monoisotopic (exact) mass is 302 g/mol. The Balaban J connectivity index is 3.04. The van der Waals surface area contributed by atoms with Gasteiger partial charge >= 0.3 is 0 Å². The predicted molar refractivity (Wildman–Crippen MR) is 77.4 cm³/mol. The van der Waals surface area contributed by atoms with Crippen LogP contribution in [0.4, 0.5) is 0 Å². The van der Waals surface area contributed by atoms with Gasteiger partial charge in [-0.3, -0.25) is 0 Å². The number of sulfonamides is 1. The summed E-state index contributed by atoms with van der Waals surface area (Å²) in [4.78, 5) is 0.135. The third kappa shape index (κ3) is 4.45. The van der Waals surface area contributed by atoms with Gasteiger partial charge in [-0.1, -0.05) is 6.07 Å². The maximum Gasteiger partial charge on any atom is 0.244 e. The number of rotatable bonds is 8. The summed E-state index contributed by atoms with van der Waals surface area (Å²) < 4.78 is 37.3. The van der Waals surface area contributed by atoms with Gasteiger partial charge in [0.25, 0.3) is 0 Å². The van der Waals surface area contributed by atoms with Crippen LogP contribution in [0.5, 0.6) is 5.75 Å². The third-order valence-electron chi connectivity index (χ3n) is 2.86. The fourth-order valence-corrected chi connectivity index (χ4v) is 2.97. The molecule has 0 aliphatic carbocycles. The average Bonchev–Trinajstić information content (AvgIpc) is 2.45. The Labute approximate surface area is 120 Å². The second kappa shape index (κ2) is 7.58. The SMILES string of the molecule is CNCc1ccc(OC)c(S(=O)(=O)NCC(C)OC)c1. The molecule has 0 spiro atoms. The molecule has 1 atom stereocenters. The molecule has 0 heterocycles. The molecule has 2 N–H and O–H groups in total. The van der Waals surface area contributed by atoms with E-state index in [1.54, 1.807) is 26.1 Å². The summed E-state index contributed by atoms with van der Waals surface area (Å²) in [5, 5.41) is 2.98. The van der Waals surface area contributed by atoms with Gasteiger partial charge in [0.1, 0.15) is 10.6 Å². The van der Waals surface area contributed by atoms with Gasteiger partial charge in [0.2, 0.25) is 10.0 Å². The third-order valence-corrected chi connectivity index (χ3v) is 4.31. The molecule has 0 saturated heterocycles. The lowest BCUT2D eigenvalue weighted by atomic mass is 10.2. The number of benzene rings is 1. The summed E-state index contributed by atoms with van der Waals surface area (Å²) in [6, 6.07) is 5.09. The number of hydrogen-bond acceptors (Lipinski definition) is 5. The standard InChI is InChI=1S/C13H22N2O4S/c1-10(18-3)8-15-20(16,17)13-7-11(9-14-2)5-6-12(13)19-4/h5-7,10,14-15H,8-9H2,1-4H3. The lowest BCUT2D eigenvalue weighted by Gasteiger charge is -2.14. The zero-order chi connectivity index (χ0) is 15.2. The van der Waals surface area contributed by atoms with E-state index in [1.807, 2.05) is 6.07 Å². The largest absolute Gasteiger partial charge is 0.495 e. The molecular weight excluding hydrogens is 280 g/mol. The second-order valence-corrected chi connectivity index (χ2v) is 6.15. The molecule has 114 valence electrons. The summed E-state index contributed by atoms with van der Waals surface area (Å²) in [5.74, 6) is 0.322. The van der Waals surface area contributed by atoms with Crippen LogP contribution in [0.2, 0.25) is 0 Å². The van der Waals surface area contributed by atoms with Crippen molar-refractivity contribution in [1.29, 1.82) is 0 Å². The maximum atomic E-state index is 12.3. The van der Waals surface area contributed by atoms with Crippen LogP contribution in [-0.4, -0.2) is 42.3 Å². The smallest absolute Gasteiger partial charge is 0.244 e. The molecule has 0 aliphatic heterocycles. The zero-order valence-electron chi connectivity index (χ0n) is 12.3. The first kappa shape index (κ1) is 16.9. The van der Waals surface area contributed by atoms with Crippen LogP contribution in [0.1, 0.15) is 12.5 Å². The number of hydrogen-bond donors (Lipinski definition) is 2. The van der Waals surface area contributed by atoms with Gasteiger partial charge in [0.15, 0.2) is 0 Å². The van der Waals surface area contributed by atoms with Crippen LogP contribution < -0.4 is 14.8 Å². The predicted octanol–water partition coefficient (Wildman–Crippen LogP) is 0.728. The molecule has 1 aromatic carbocycles. The zero-order valence-corrected chi connectivity index (χ0v) is 13.1. The molecule has 1 aromatic rings. The Morgan fingerprint density at radius 3 is 2.55 bits per heavy atom. The van der Waals surface area contributed by atoms with Crippen molar-refractivity contribution in [2.24, 2.45) is 0 Å². The first-order chi connectivity index (χ1) is 9.44. The van der Waals surface area contributed by atoms with Crippen LogP contribution in [-0.2, 0) is 21.3 Å².